The molecule has 3 nitrogen and oxygen atoms in total. The molecular formula is C17H15BrN2O. The van der Waals surface area contributed by atoms with Gasteiger partial charge in [0.15, 0.2) is 5.58 Å². The van der Waals surface area contributed by atoms with Crippen LogP contribution in [0.4, 0.5) is 5.69 Å². The highest BCUT2D eigenvalue weighted by Gasteiger charge is 2.15. The molecule has 1 aliphatic rings. The normalized spacial score (nSPS) is 15.0. The lowest BCUT2D eigenvalue weighted by Gasteiger charge is -2.16. The first-order chi connectivity index (χ1) is 10.3. The van der Waals surface area contributed by atoms with E-state index in [1.54, 1.807) is 0 Å². The lowest BCUT2D eigenvalue weighted by molar-refractivity contribution is 0.619. The zero-order valence-corrected chi connectivity index (χ0v) is 13.1. The summed E-state index contributed by atoms with van der Waals surface area (Å²) in [5, 5.41) is 0. The number of oxazole rings is 1. The molecule has 21 heavy (non-hydrogen) atoms. The number of fused-ring (bicyclic) bond motifs is 1. The quantitative estimate of drug-likeness (QED) is 0.666. The van der Waals surface area contributed by atoms with Gasteiger partial charge in [0.25, 0.3) is 0 Å². The molecule has 2 aromatic carbocycles. The Kier molecular flexibility index (Phi) is 3.19. The van der Waals surface area contributed by atoms with E-state index < -0.39 is 0 Å². The molecule has 0 radical (unpaired) electrons. The van der Waals surface area contributed by atoms with Crippen LogP contribution in [0.25, 0.3) is 22.6 Å². The van der Waals surface area contributed by atoms with E-state index in [0.29, 0.717) is 5.89 Å². The second-order valence-electron chi connectivity index (χ2n) is 5.35. The molecule has 2 heterocycles. The standard InChI is InChI=1S/C17H15BrN2O/c18-14-6-2-1-5-13(14)17-19-15-11-12(7-8-16(15)21-17)20-9-3-4-10-20/h1-2,5-8,11H,3-4,9-10H2. The van der Waals surface area contributed by atoms with Gasteiger partial charge in [-0.1, -0.05) is 12.1 Å². The Morgan fingerprint density at radius 3 is 2.67 bits per heavy atom. The van der Waals surface area contributed by atoms with Gasteiger partial charge in [0.1, 0.15) is 5.52 Å². The van der Waals surface area contributed by atoms with Crippen molar-refractivity contribution in [3.8, 4) is 11.5 Å². The monoisotopic (exact) mass is 342 g/mol. The summed E-state index contributed by atoms with van der Waals surface area (Å²) in [5.41, 5.74) is 3.98. The predicted octanol–water partition coefficient (Wildman–Crippen LogP) is 4.86. The van der Waals surface area contributed by atoms with Crippen LogP contribution in [0.15, 0.2) is 51.4 Å². The maximum atomic E-state index is 5.89. The molecule has 0 saturated carbocycles. The molecule has 0 atom stereocenters. The van der Waals surface area contributed by atoms with Crippen LogP contribution in [0.1, 0.15) is 12.8 Å². The van der Waals surface area contributed by atoms with E-state index in [4.69, 9.17) is 4.42 Å². The minimum atomic E-state index is 0.663. The summed E-state index contributed by atoms with van der Waals surface area (Å²) < 4.78 is 6.89. The van der Waals surface area contributed by atoms with Gasteiger partial charge in [0.2, 0.25) is 5.89 Å². The van der Waals surface area contributed by atoms with Crippen molar-refractivity contribution in [2.75, 3.05) is 18.0 Å². The van der Waals surface area contributed by atoms with Crippen molar-refractivity contribution in [1.82, 2.24) is 4.98 Å². The molecule has 1 fully saturated rings. The van der Waals surface area contributed by atoms with Gasteiger partial charge in [-0.3, -0.25) is 0 Å². The number of rotatable bonds is 2. The number of halogens is 1. The third kappa shape index (κ3) is 2.33. The fourth-order valence-corrected chi connectivity index (χ4v) is 3.29. The molecular weight excluding hydrogens is 328 g/mol. The lowest BCUT2D eigenvalue weighted by atomic mass is 10.2. The van der Waals surface area contributed by atoms with Crippen LogP contribution in [0, 0.1) is 0 Å². The van der Waals surface area contributed by atoms with E-state index in [-0.39, 0.29) is 0 Å². The maximum absolute atomic E-state index is 5.89. The number of benzene rings is 2. The zero-order chi connectivity index (χ0) is 14.2. The van der Waals surface area contributed by atoms with Gasteiger partial charge in [0.05, 0.1) is 5.56 Å². The summed E-state index contributed by atoms with van der Waals surface area (Å²) in [4.78, 5) is 7.06. The van der Waals surface area contributed by atoms with Crippen LogP contribution in [-0.4, -0.2) is 18.1 Å². The van der Waals surface area contributed by atoms with Crippen molar-refractivity contribution in [3.05, 3.63) is 46.9 Å². The number of nitrogens with zero attached hydrogens (tertiary/aromatic N) is 2. The number of hydrogen-bond acceptors (Lipinski definition) is 3. The van der Waals surface area contributed by atoms with Gasteiger partial charge in [-0.25, -0.2) is 4.98 Å². The van der Waals surface area contributed by atoms with Crippen LogP contribution >= 0.6 is 15.9 Å². The van der Waals surface area contributed by atoms with E-state index in [0.717, 1.165) is 34.2 Å². The molecule has 106 valence electrons. The number of hydrogen-bond donors (Lipinski definition) is 0. The van der Waals surface area contributed by atoms with Crippen molar-refractivity contribution in [1.29, 1.82) is 0 Å². The summed E-state index contributed by atoms with van der Waals surface area (Å²) in [5.74, 6) is 0.663. The molecule has 0 unspecified atom stereocenters. The molecule has 1 aliphatic heterocycles. The molecule has 0 bridgehead atoms. The van der Waals surface area contributed by atoms with Gasteiger partial charge in [-0.2, -0.15) is 0 Å². The Balaban J connectivity index is 1.78. The molecule has 0 spiro atoms. The third-order valence-electron chi connectivity index (χ3n) is 3.95. The lowest BCUT2D eigenvalue weighted by Crippen LogP contribution is -2.17. The van der Waals surface area contributed by atoms with Gasteiger partial charge < -0.3 is 9.32 Å². The largest absolute Gasteiger partial charge is 0.436 e. The Hall–Kier alpha value is -1.81. The van der Waals surface area contributed by atoms with Gasteiger partial charge in [0, 0.05) is 23.2 Å². The highest BCUT2D eigenvalue weighted by atomic mass is 79.9. The SMILES string of the molecule is Brc1ccccc1-c1nc2cc(N3CCCC3)ccc2o1. The minimum Gasteiger partial charge on any atom is -0.436 e. The van der Waals surface area contributed by atoms with Crippen molar-refractivity contribution in [3.63, 3.8) is 0 Å². The summed E-state index contributed by atoms with van der Waals surface area (Å²) in [6.07, 6.45) is 2.55. The Bertz CT molecular complexity index is 790. The first-order valence-corrected chi connectivity index (χ1v) is 8.01. The van der Waals surface area contributed by atoms with Gasteiger partial charge in [-0.15, -0.1) is 0 Å². The zero-order valence-electron chi connectivity index (χ0n) is 11.6. The third-order valence-corrected chi connectivity index (χ3v) is 4.64. The first kappa shape index (κ1) is 12.9. The highest BCUT2D eigenvalue weighted by Crippen LogP contribution is 2.32. The smallest absolute Gasteiger partial charge is 0.228 e. The minimum absolute atomic E-state index is 0.663. The number of aromatic nitrogens is 1. The van der Waals surface area contributed by atoms with E-state index in [2.05, 4.69) is 37.9 Å². The van der Waals surface area contributed by atoms with E-state index in [1.165, 1.54) is 18.5 Å². The van der Waals surface area contributed by atoms with Gasteiger partial charge in [-0.05, 0) is 59.1 Å². The second-order valence-corrected chi connectivity index (χ2v) is 6.20. The molecule has 1 aromatic heterocycles. The van der Waals surface area contributed by atoms with Gasteiger partial charge >= 0.3 is 0 Å². The van der Waals surface area contributed by atoms with Crippen LogP contribution in [0.3, 0.4) is 0 Å². The van der Waals surface area contributed by atoms with Crippen molar-refractivity contribution in [2.45, 2.75) is 12.8 Å². The van der Waals surface area contributed by atoms with E-state index in [1.807, 2.05) is 30.3 Å². The topological polar surface area (TPSA) is 29.3 Å². The van der Waals surface area contributed by atoms with E-state index in [9.17, 15) is 0 Å². The van der Waals surface area contributed by atoms with Crippen molar-refractivity contribution >= 4 is 32.7 Å². The fraction of sp³-hybridized carbons (Fsp3) is 0.235. The summed E-state index contributed by atoms with van der Waals surface area (Å²) >= 11 is 3.55. The average molecular weight is 343 g/mol. The van der Waals surface area contributed by atoms with Crippen LogP contribution in [0.2, 0.25) is 0 Å². The summed E-state index contributed by atoms with van der Waals surface area (Å²) in [6.45, 7) is 2.28. The highest BCUT2D eigenvalue weighted by molar-refractivity contribution is 9.10. The predicted molar refractivity (Wildman–Crippen MR) is 88.6 cm³/mol. The summed E-state index contributed by atoms with van der Waals surface area (Å²) in [7, 11) is 0. The molecule has 1 saturated heterocycles. The maximum Gasteiger partial charge on any atom is 0.228 e. The van der Waals surface area contributed by atoms with Crippen LogP contribution in [-0.2, 0) is 0 Å². The van der Waals surface area contributed by atoms with Crippen molar-refractivity contribution in [2.24, 2.45) is 0 Å². The van der Waals surface area contributed by atoms with E-state index >= 15 is 0 Å². The van der Waals surface area contributed by atoms with Crippen LogP contribution < -0.4 is 4.90 Å². The Morgan fingerprint density at radius 1 is 1.05 bits per heavy atom. The summed E-state index contributed by atoms with van der Waals surface area (Å²) in [6, 6.07) is 14.3. The van der Waals surface area contributed by atoms with Crippen LogP contribution in [0.5, 0.6) is 0 Å². The molecule has 4 rings (SSSR count). The molecule has 4 heteroatoms. The molecule has 0 N–H and O–H groups in total. The second kappa shape index (κ2) is 5.19. The molecule has 0 aliphatic carbocycles. The molecule has 3 aromatic rings. The number of anilines is 1. The Labute approximate surface area is 131 Å². The fourth-order valence-electron chi connectivity index (χ4n) is 2.84. The molecule has 0 amide bonds. The first-order valence-electron chi connectivity index (χ1n) is 7.22. The average Bonchev–Trinajstić information content (AvgIpc) is 3.16. The Morgan fingerprint density at radius 2 is 1.86 bits per heavy atom. The van der Waals surface area contributed by atoms with Crippen molar-refractivity contribution < 1.29 is 4.42 Å².